The lowest BCUT2D eigenvalue weighted by Gasteiger charge is -2.14. The molecular weight excluding hydrogens is 322 g/mol. The van der Waals surface area contributed by atoms with Crippen LogP contribution in [0.3, 0.4) is 0 Å². The van der Waals surface area contributed by atoms with Crippen molar-refractivity contribution in [2.75, 3.05) is 0 Å². The summed E-state index contributed by atoms with van der Waals surface area (Å²) in [4.78, 5) is 21.6. The molecule has 8 heteroatoms. The van der Waals surface area contributed by atoms with Crippen LogP contribution in [0.2, 0.25) is 0 Å². The van der Waals surface area contributed by atoms with Gasteiger partial charge in [-0.05, 0) is 31.9 Å². The monoisotopic (exact) mass is 343 g/mol. The third kappa shape index (κ3) is 6.79. The Morgan fingerprint density at radius 2 is 1.70 bits per heavy atom. The Labute approximate surface area is 135 Å². The Balaban J connectivity index is 2.62. The predicted molar refractivity (Wildman–Crippen MR) is 83.6 cm³/mol. The lowest BCUT2D eigenvalue weighted by Crippen LogP contribution is -2.40. The number of hydrogen-bond donors (Lipinski definition) is 3. The average Bonchev–Trinajstić information content (AvgIpc) is 2.45. The van der Waals surface area contributed by atoms with Gasteiger partial charge in [-0.15, -0.1) is 0 Å². The van der Waals surface area contributed by atoms with E-state index in [1.807, 2.05) is 6.92 Å². The molecule has 0 aliphatic rings. The number of carboxylic acid groups (broad SMARTS) is 2. The molecule has 1 aromatic rings. The first-order valence-corrected chi connectivity index (χ1v) is 8.74. The SMILES string of the molecule is Cc1ccc(S(=O)(=O)N[C@@H](CCCCCC(=O)O)C(=O)O)cc1. The van der Waals surface area contributed by atoms with Gasteiger partial charge >= 0.3 is 11.9 Å². The smallest absolute Gasteiger partial charge is 0.321 e. The zero-order valence-corrected chi connectivity index (χ0v) is 13.7. The van der Waals surface area contributed by atoms with Crippen molar-refractivity contribution in [2.24, 2.45) is 0 Å². The lowest BCUT2D eigenvalue weighted by molar-refractivity contribution is -0.139. The Hall–Kier alpha value is -1.93. The van der Waals surface area contributed by atoms with Crippen LogP contribution < -0.4 is 4.72 Å². The first-order valence-electron chi connectivity index (χ1n) is 7.26. The van der Waals surface area contributed by atoms with Crippen LogP contribution in [0.15, 0.2) is 29.2 Å². The summed E-state index contributed by atoms with van der Waals surface area (Å²) in [5.41, 5.74) is 0.900. The minimum atomic E-state index is -3.90. The molecular formula is C15H21NO6S. The van der Waals surface area contributed by atoms with E-state index in [2.05, 4.69) is 4.72 Å². The summed E-state index contributed by atoms with van der Waals surface area (Å²) in [6, 6.07) is 4.88. The van der Waals surface area contributed by atoms with Gasteiger partial charge in [-0.2, -0.15) is 4.72 Å². The number of carbonyl (C=O) groups is 2. The molecule has 0 aliphatic carbocycles. The van der Waals surface area contributed by atoms with Crippen molar-refractivity contribution in [3.63, 3.8) is 0 Å². The van der Waals surface area contributed by atoms with E-state index >= 15 is 0 Å². The third-order valence-electron chi connectivity index (χ3n) is 3.31. The largest absolute Gasteiger partial charge is 0.481 e. The summed E-state index contributed by atoms with van der Waals surface area (Å²) in [5.74, 6) is -2.15. The number of sulfonamides is 1. The minimum Gasteiger partial charge on any atom is -0.481 e. The number of unbranched alkanes of at least 4 members (excludes halogenated alkanes) is 2. The molecule has 1 atom stereocenters. The molecule has 1 aromatic carbocycles. The molecule has 7 nitrogen and oxygen atoms in total. The van der Waals surface area contributed by atoms with Gasteiger partial charge in [0.25, 0.3) is 0 Å². The molecule has 0 aromatic heterocycles. The zero-order valence-electron chi connectivity index (χ0n) is 12.9. The Morgan fingerprint density at radius 1 is 1.09 bits per heavy atom. The van der Waals surface area contributed by atoms with E-state index in [0.717, 1.165) is 5.56 Å². The van der Waals surface area contributed by atoms with Crippen molar-refractivity contribution < 1.29 is 28.2 Å². The molecule has 0 spiro atoms. The van der Waals surface area contributed by atoms with Crippen LogP contribution >= 0.6 is 0 Å². The van der Waals surface area contributed by atoms with E-state index in [4.69, 9.17) is 10.2 Å². The van der Waals surface area contributed by atoms with Crippen LogP contribution in [0, 0.1) is 6.92 Å². The molecule has 0 aliphatic heterocycles. The zero-order chi connectivity index (χ0) is 17.5. The van der Waals surface area contributed by atoms with Gasteiger partial charge in [-0.25, -0.2) is 8.42 Å². The van der Waals surface area contributed by atoms with Gasteiger partial charge in [0.1, 0.15) is 6.04 Å². The number of aryl methyl sites for hydroxylation is 1. The second-order valence-corrected chi connectivity index (χ2v) is 7.03. The van der Waals surface area contributed by atoms with Gasteiger partial charge in [0.2, 0.25) is 10.0 Å². The highest BCUT2D eigenvalue weighted by molar-refractivity contribution is 7.89. The van der Waals surface area contributed by atoms with Gasteiger partial charge in [-0.1, -0.05) is 30.5 Å². The number of carboxylic acids is 2. The Bertz CT molecular complexity index is 638. The molecule has 0 bridgehead atoms. The molecule has 0 unspecified atom stereocenters. The van der Waals surface area contributed by atoms with Gasteiger partial charge in [0.15, 0.2) is 0 Å². The van der Waals surface area contributed by atoms with Gasteiger partial charge in [-0.3, -0.25) is 9.59 Å². The van der Waals surface area contributed by atoms with Crippen molar-refractivity contribution in [3.8, 4) is 0 Å². The first kappa shape index (κ1) is 19.1. The number of aliphatic carboxylic acids is 2. The number of hydrogen-bond acceptors (Lipinski definition) is 4. The second-order valence-electron chi connectivity index (χ2n) is 5.32. The van der Waals surface area contributed by atoms with Gasteiger partial charge in [0.05, 0.1) is 4.90 Å². The molecule has 128 valence electrons. The Kier molecular flexibility index (Phi) is 7.18. The summed E-state index contributed by atoms with van der Waals surface area (Å²) < 4.78 is 26.6. The average molecular weight is 343 g/mol. The van der Waals surface area contributed by atoms with E-state index in [-0.39, 0.29) is 17.7 Å². The Morgan fingerprint density at radius 3 is 2.22 bits per heavy atom. The highest BCUT2D eigenvalue weighted by atomic mass is 32.2. The van der Waals surface area contributed by atoms with E-state index in [9.17, 15) is 18.0 Å². The fraction of sp³-hybridized carbons (Fsp3) is 0.467. The predicted octanol–water partition coefficient (Wildman–Crippen LogP) is 1.76. The fourth-order valence-corrected chi connectivity index (χ4v) is 3.23. The molecule has 3 N–H and O–H groups in total. The maximum atomic E-state index is 12.2. The van der Waals surface area contributed by atoms with Crippen molar-refractivity contribution >= 4 is 22.0 Å². The summed E-state index contributed by atoms with van der Waals surface area (Å²) in [6.45, 7) is 1.82. The quantitative estimate of drug-likeness (QED) is 0.557. The van der Waals surface area contributed by atoms with E-state index in [0.29, 0.717) is 19.3 Å². The summed E-state index contributed by atoms with van der Waals surface area (Å²) in [5, 5.41) is 17.7. The molecule has 0 radical (unpaired) electrons. The van der Waals surface area contributed by atoms with Crippen LogP contribution in [0.5, 0.6) is 0 Å². The number of benzene rings is 1. The van der Waals surface area contributed by atoms with Crippen molar-refractivity contribution in [1.29, 1.82) is 0 Å². The maximum Gasteiger partial charge on any atom is 0.321 e. The van der Waals surface area contributed by atoms with Crippen LogP contribution in [0.4, 0.5) is 0 Å². The van der Waals surface area contributed by atoms with Gasteiger partial charge in [0, 0.05) is 6.42 Å². The van der Waals surface area contributed by atoms with E-state index < -0.39 is 28.0 Å². The molecule has 0 amide bonds. The molecule has 23 heavy (non-hydrogen) atoms. The van der Waals surface area contributed by atoms with E-state index in [1.165, 1.54) is 12.1 Å². The molecule has 0 heterocycles. The highest BCUT2D eigenvalue weighted by Gasteiger charge is 2.24. The maximum absolute atomic E-state index is 12.2. The topological polar surface area (TPSA) is 121 Å². The number of rotatable bonds is 10. The highest BCUT2D eigenvalue weighted by Crippen LogP contribution is 2.13. The number of nitrogens with one attached hydrogen (secondary N) is 1. The van der Waals surface area contributed by atoms with Crippen LogP contribution in [0.25, 0.3) is 0 Å². The third-order valence-corrected chi connectivity index (χ3v) is 4.80. The lowest BCUT2D eigenvalue weighted by atomic mass is 10.1. The molecule has 0 fully saturated rings. The van der Waals surface area contributed by atoms with Crippen molar-refractivity contribution in [2.45, 2.75) is 50.0 Å². The summed E-state index contributed by atoms with van der Waals surface area (Å²) >= 11 is 0. The van der Waals surface area contributed by atoms with Crippen molar-refractivity contribution in [3.05, 3.63) is 29.8 Å². The minimum absolute atomic E-state index is 0.0141. The molecule has 0 saturated heterocycles. The first-order chi connectivity index (χ1) is 10.7. The van der Waals surface area contributed by atoms with Crippen molar-refractivity contribution in [1.82, 2.24) is 4.72 Å². The molecule has 1 rings (SSSR count). The van der Waals surface area contributed by atoms with Crippen LogP contribution in [-0.4, -0.2) is 36.6 Å². The normalized spacial score (nSPS) is 12.7. The van der Waals surface area contributed by atoms with Crippen LogP contribution in [0.1, 0.15) is 37.7 Å². The molecule has 0 saturated carbocycles. The van der Waals surface area contributed by atoms with E-state index in [1.54, 1.807) is 12.1 Å². The second kappa shape index (κ2) is 8.64. The summed E-state index contributed by atoms with van der Waals surface area (Å²) in [7, 11) is -3.90. The standard InChI is InChI=1S/C15H21NO6S/c1-11-7-9-12(10-8-11)23(21,22)16-13(15(19)20)5-3-2-4-6-14(17)18/h7-10,13,16H,2-6H2,1H3,(H,17,18)(H,19,20)/t13-/m0/s1. The fourth-order valence-electron chi connectivity index (χ4n) is 2.01. The van der Waals surface area contributed by atoms with Gasteiger partial charge < -0.3 is 10.2 Å². The van der Waals surface area contributed by atoms with Crippen LogP contribution in [-0.2, 0) is 19.6 Å². The summed E-state index contributed by atoms with van der Waals surface area (Å²) in [6.07, 6.45) is 1.53.